The van der Waals surface area contributed by atoms with Crippen LogP contribution in [0.25, 0.3) is 0 Å². The number of rotatable bonds is 5. The van der Waals surface area contributed by atoms with Crippen LogP contribution in [-0.4, -0.2) is 57.6 Å². The summed E-state index contributed by atoms with van der Waals surface area (Å²) in [4.78, 5) is 12.5. The molecule has 3 rings (SSSR count). The number of ether oxygens (including phenoxy) is 2. The first-order valence-corrected chi connectivity index (χ1v) is 9.88. The highest BCUT2D eigenvalue weighted by Gasteiger charge is 2.33. The summed E-state index contributed by atoms with van der Waals surface area (Å²) in [5.74, 6) is -0.452. The molecule has 1 aliphatic carbocycles. The molecule has 140 valence electrons. The van der Waals surface area contributed by atoms with Crippen molar-refractivity contribution in [2.24, 2.45) is 0 Å². The van der Waals surface area contributed by atoms with E-state index in [4.69, 9.17) is 9.47 Å². The largest absolute Gasteiger partial charge is 0.368 e. The third kappa shape index (κ3) is 4.39. The lowest BCUT2D eigenvalue weighted by Crippen LogP contribution is -2.47. The SMILES string of the molecule is CN(C)S(=O)(=O)Cc1cccc(NC(=O)[C@@H]2CO[C@H]3C=CC=C[C@@H]3O2)c1. The summed E-state index contributed by atoms with van der Waals surface area (Å²) in [6.07, 6.45) is 6.34. The standard InChI is InChI=1S/C18H22N2O5S/c1-20(2)26(22,23)12-13-6-5-7-14(10-13)19-18(21)17-11-24-15-8-3-4-9-16(15)25-17/h3-10,15-17H,11-12H2,1-2H3,(H,19,21)/t15-,16-,17-/m0/s1. The lowest BCUT2D eigenvalue weighted by Gasteiger charge is -2.34. The first-order valence-electron chi connectivity index (χ1n) is 8.27. The third-order valence-corrected chi connectivity index (χ3v) is 6.00. The Kier molecular flexibility index (Phi) is 5.57. The molecule has 1 aliphatic heterocycles. The van der Waals surface area contributed by atoms with Crippen molar-refractivity contribution in [3.63, 3.8) is 0 Å². The van der Waals surface area contributed by atoms with E-state index in [9.17, 15) is 13.2 Å². The van der Waals surface area contributed by atoms with Crippen molar-refractivity contribution in [2.45, 2.75) is 24.1 Å². The number of benzene rings is 1. The molecule has 0 unspecified atom stereocenters. The molecule has 1 saturated heterocycles. The Bertz CT molecular complexity index is 832. The molecule has 0 aromatic heterocycles. The maximum atomic E-state index is 12.5. The van der Waals surface area contributed by atoms with Crippen LogP contribution in [0.3, 0.4) is 0 Å². The molecule has 1 N–H and O–H groups in total. The Hall–Kier alpha value is -2.00. The number of hydrogen-bond donors (Lipinski definition) is 1. The molecule has 0 saturated carbocycles. The molecule has 26 heavy (non-hydrogen) atoms. The highest BCUT2D eigenvalue weighted by atomic mass is 32.2. The van der Waals surface area contributed by atoms with Crippen molar-refractivity contribution in [1.82, 2.24) is 4.31 Å². The minimum atomic E-state index is -3.37. The van der Waals surface area contributed by atoms with Crippen LogP contribution in [0.4, 0.5) is 5.69 Å². The van der Waals surface area contributed by atoms with Crippen LogP contribution in [-0.2, 0) is 30.0 Å². The molecule has 0 spiro atoms. The molecular weight excluding hydrogens is 356 g/mol. The van der Waals surface area contributed by atoms with Gasteiger partial charge in [0.05, 0.1) is 12.4 Å². The summed E-state index contributed by atoms with van der Waals surface area (Å²) >= 11 is 0. The van der Waals surface area contributed by atoms with Crippen molar-refractivity contribution in [3.8, 4) is 0 Å². The second kappa shape index (κ2) is 7.71. The molecular formula is C18H22N2O5S. The number of hydrogen-bond acceptors (Lipinski definition) is 5. The van der Waals surface area contributed by atoms with Gasteiger partial charge in [-0.25, -0.2) is 12.7 Å². The number of carbonyl (C=O) groups is 1. The minimum Gasteiger partial charge on any atom is -0.368 e. The van der Waals surface area contributed by atoms with Gasteiger partial charge < -0.3 is 14.8 Å². The topological polar surface area (TPSA) is 84.9 Å². The number of anilines is 1. The predicted molar refractivity (Wildman–Crippen MR) is 98.1 cm³/mol. The molecule has 1 aromatic carbocycles. The number of carbonyl (C=O) groups excluding carboxylic acids is 1. The van der Waals surface area contributed by atoms with E-state index in [1.54, 1.807) is 24.3 Å². The summed E-state index contributed by atoms with van der Waals surface area (Å²) < 4.78 is 36.6. The van der Waals surface area contributed by atoms with Crippen LogP contribution < -0.4 is 5.32 Å². The Morgan fingerprint density at radius 1 is 1.23 bits per heavy atom. The molecule has 7 nitrogen and oxygen atoms in total. The van der Waals surface area contributed by atoms with Gasteiger partial charge in [-0.3, -0.25) is 4.79 Å². The summed E-state index contributed by atoms with van der Waals surface area (Å²) in [6.45, 7) is 0.167. The maximum Gasteiger partial charge on any atom is 0.255 e. The number of fused-ring (bicyclic) bond motifs is 1. The highest BCUT2D eigenvalue weighted by molar-refractivity contribution is 7.88. The third-order valence-electron chi connectivity index (χ3n) is 4.19. The molecule has 1 fully saturated rings. The fraction of sp³-hybridized carbons (Fsp3) is 0.389. The van der Waals surface area contributed by atoms with Crippen molar-refractivity contribution >= 4 is 21.6 Å². The average Bonchev–Trinajstić information content (AvgIpc) is 2.61. The quantitative estimate of drug-likeness (QED) is 0.835. The molecule has 0 bridgehead atoms. The normalized spacial score (nSPS) is 25.1. The Labute approximate surface area is 153 Å². The van der Waals surface area contributed by atoms with Crippen molar-refractivity contribution in [3.05, 3.63) is 54.1 Å². The first-order chi connectivity index (χ1) is 12.3. The fourth-order valence-corrected chi connectivity index (χ4v) is 3.56. The Morgan fingerprint density at radius 3 is 2.69 bits per heavy atom. The van der Waals surface area contributed by atoms with Gasteiger partial charge in [-0.2, -0.15) is 0 Å². The van der Waals surface area contributed by atoms with Gasteiger partial charge in [-0.15, -0.1) is 0 Å². The summed E-state index contributed by atoms with van der Waals surface area (Å²) in [5.41, 5.74) is 1.11. The number of nitrogens with zero attached hydrogens (tertiary/aromatic N) is 1. The van der Waals surface area contributed by atoms with Crippen LogP contribution in [0.2, 0.25) is 0 Å². The predicted octanol–water partition coefficient (Wildman–Crippen LogP) is 1.30. The van der Waals surface area contributed by atoms with Gasteiger partial charge in [0.2, 0.25) is 10.0 Å². The van der Waals surface area contributed by atoms with Crippen LogP contribution in [0, 0.1) is 0 Å². The molecule has 8 heteroatoms. The van der Waals surface area contributed by atoms with Gasteiger partial charge in [-0.05, 0) is 17.7 Å². The fourth-order valence-electron chi connectivity index (χ4n) is 2.71. The van der Waals surface area contributed by atoms with Gasteiger partial charge in [0.15, 0.2) is 6.10 Å². The van der Waals surface area contributed by atoms with Crippen molar-refractivity contribution < 1.29 is 22.7 Å². The van der Waals surface area contributed by atoms with E-state index < -0.39 is 16.1 Å². The minimum absolute atomic E-state index is 0.131. The van der Waals surface area contributed by atoms with Crippen LogP contribution >= 0.6 is 0 Å². The Morgan fingerprint density at radius 2 is 1.96 bits per heavy atom. The number of nitrogens with one attached hydrogen (secondary N) is 1. The molecule has 1 aromatic rings. The van der Waals surface area contributed by atoms with E-state index in [-0.39, 0.29) is 30.5 Å². The van der Waals surface area contributed by atoms with E-state index >= 15 is 0 Å². The van der Waals surface area contributed by atoms with Gasteiger partial charge in [0.1, 0.15) is 12.2 Å². The maximum absolute atomic E-state index is 12.5. The zero-order valence-corrected chi connectivity index (χ0v) is 15.5. The van der Waals surface area contributed by atoms with E-state index in [1.165, 1.54) is 18.4 Å². The molecule has 0 radical (unpaired) electrons. The van der Waals surface area contributed by atoms with Crippen molar-refractivity contribution in [2.75, 3.05) is 26.0 Å². The van der Waals surface area contributed by atoms with Crippen LogP contribution in [0.1, 0.15) is 5.56 Å². The average molecular weight is 378 g/mol. The highest BCUT2D eigenvalue weighted by Crippen LogP contribution is 2.21. The second-order valence-electron chi connectivity index (χ2n) is 6.39. The summed E-state index contributed by atoms with van der Waals surface area (Å²) in [6, 6.07) is 6.77. The van der Waals surface area contributed by atoms with Crippen molar-refractivity contribution in [1.29, 1.82) is 0 Å². The monoisotopic (exact) mass is 378 g/mol. The number of allylic oxidation sites excluding steroid dienone is 2. The van der Waals surface area contributed by atoms with E-state index in [0.717, 1.165) is 0 Å². The summed E-state index contributed by atoms with van der Waals surface area (Å²) in [5, 5.41) is 2.77. The van der Waals surface area contributed by atoms with Gasteiger partial charge in [0, 0.05) is 19.8 Å². The van der Waals surface area contributed by atoms with Gasteiger partial charge in [0.25, 0.3) is 5.91 Å². The number of amides is 1. The lowest BCUT2D eigenvalue weighted by molar-refractivity contribution is -0.164. The van der Waals surface area contributed by atoms with E-state index in [1.807, 2.05) is 24.3 Å². The zero-order chi connectivity index (χ0) is 18.7. The van der Waals surface area contributed by atoms with Gasteiger partial charge in [-0.1, -0.05) is 36.4 Å². The lowest BCUT2D eigenvalue weighted by atomic mass is 10.1. The first kappa shape index (κ1) is 18.8. The van der Waals surface area contributed by atoms with E-state index in [2.05, 4.69) is 5.32 Å². The zero-order valence-electron chi connectivity index (χ0n) is 14.7. The molecule has 2 aliphatic rings. The second-order valence-corrected chi connectivity index (χ2v) is 8.57. The Balaban J connectivity index is 1.64. The molecule has 3 atom stereocenters. The van der Waals surface area contributed by atoms with E-state index in [0.29, 0.717) is 11.3 Å². The number of sulfonamides is 1. The van der Waals surface area contributed by atoms with Crippen LogP contribution in [0.15, 0.2) is 48.6 Å². The molecule has 1 amide bonds. The van der Waals surface area contributed by atoms with Crippen LogP contribution in [0.5, 0.6) is 0 Å². The van der Waals surface area contributed by atoms with Gasteiger partial charge >= 0.3 is 0 Å². The molecule has 1 heterocycles. The smallest absolute Gasteiger partial charge is 0.255 e. The summed E-state index contributed by atoms with van der Waals surface area (Å²) in [7, 11) is -0.389.